The number of esters is 1. The smallest absolute Gasteiger partial charge is 0.338 e. The van der Waals surface area contributed by atoms with Crippen LogP contribution in [0.3, 0.4) is 0 Å². The molecule has 2 atom stereocenters. The van der Waals surface area contributed by atoms with Crippen LogP contribution in [0.2, 0.25) is 0 Å². The molecule has 148 valence electrons. The Hall–Kier alpha value is -3.00. The van der Waals surface area contributed by atoms with E-state index in [1.807, 2.05) is 13.8 Å². The summed E-state index contributed by atoms with van der Waals surface area (Å²) >= 11 is 0. The molecule has 0 saturated carbocycles. The van der Waals surface area contributed by atoms with E-state index in [1.54, 1.807) is 4.90 Å². The summed E-state index contributed by atoms with van der Waals surface area (Å²) < 4.78 is 10.7. The molecule has 0 aliphatic carbocycles. The lowest BCUT2D eigenvalue weighted by molar-refractivity contribution is -0.146. The number of amides is 3. The van der Waals surface area contributed by atoms with Crippen molar-refractivity contribution in [3.8, 4) is 0 Å². The van der Waals surface area contributed by atoms with E-state index in [0.717, 1.165) is 4.90 Å². The Morgan fingerprint density at radius 3 is 2.46 bits per heavy atom. The number of ether oxygens (including phenoxy) is 2. The Bertz CT molecular complexity index is 839. The Kier molecular flexibility index (Phi) is 5.60. The number of morpholine rings is 1. The maximum Gasteiger partial charge on any atom is 0.338 e. The molecule has 2 aliphatic rings. The highest BCUT2D eigenvalue weighted by Gasteiger charge is 2.35. The average Bonchev–Trinajstić information content (AvgIpc) is 2.90. The number of carbonyl (C=O) groups is 4. The predicted molar refractivity (Wildman–Crippen MR) is 98.9 cm³/mol. The molecule has 0 N–H and O–H groups in total. The van der Waals surface area contributed by atoms with Crippen LogP contribution >= 0.6 is 0 Å². The lowest BCUT2D eigenvalue weighted by Crippen LogP contribution is -2.49. The molecular weight excluding hydrogens is 364 g/mol. The fraction of sp³-hybridized carbons (Fsp3) is 0.400. The van der Waals surface area contributed by atoms with Crippen molar-refractivity contribution in [3.05, 3.63) is 47.5 Å². The Morgan fingerprint density at radius 2 is 1.82 bits per heavy atom. The van der Waals surface area contributed by atoms with Crippen molar-refractivity contribution in [3.63, 3.8) is 0 Å². The van der Waals surface area contributed by atoms with Gasteiger partial charge in [0.25, 0.3) is 17.7 Å². The van der Waals surface area contributed by atoms with Crippen LogP contribution in [0.25, 0.3) is 0 Å². The minimum Gasteiger partial charge on any atom is -0.452 e. The quantitative estimate of drug-likeness (QED) is 0.430. The molecule has 3 amide bonds. The van der Waals surface area contributed by atoms with Crippen molar-refractivity contribution in [1.82, 2.24) is 9.80 Å². The lowest BCUT2D eigenvalue weighted by Gasteiger charge is -2.35. The summed E-state index contributed by atoms with van der Waals surface area (Å²) in [5, 5.41) is 0. The van der Waals surface area contributed by atoms with Gasteiger partial charge in [-0.05, 0) is 32.0 Å². The summed E-state index contributed by atoms with van der Waals surface area (Å²) in [5.41, 5.74) is 0.482. The molecule has 1 aromatic carbocycles. The van der Waals surface area contributed by atoms with Gasteiger partial charge in [-0.3, -0.25) is 19.3 Å². The second-order valence-electron chi connectivity index (χ2n) is 6.90. The first-order chi connectivity index (χ1) is 13.3. The predicted octanol–water partition coefficient (Wildman–Crippen LogP) is 1.26. The number of imide groups is 1. The number of carbonyl (C=O) groups excluding carboxylic acids is 4. The highest BCUT2D eigenvalue weighted by atomic mass is 16.5. The largest absolute Gasteiger partial charge is 0.452 e. The van der Waals surface area contributed by atoms with E-state index >= 15 is 0 Å². The fourth-order valence-corrected chi connectivity index (χ4v) is 3.40. The minimum absolute atomic E-state index is 0.0813. The van der Waals surface area contributed by atoms with Crippen molar-refractivity contribution < 1.29 is 28.7 Å². The molecule has 1 aromatic rings. The zero-order chi connectivity index (χ0) is 20.4. The van der Waals surface area contributed by atoms with Crippen LogP contribution in [-0.4, -0.2) is 71.9 Å². The second-order valence-corrected chi connectivity index (χ2v) is 6.90. The summed E-state index contributed by atoms with van der Waals surface area (Å²) in [6, 6.07) is 4.15. The fourth-order valence-electron chi connectivity index (χ4n) is 3.40. The topological polar surface area (TPSA) is 93.2 Å². The average molecular weight is 386 g/mol. The van der Waals surface area contributed by atoms with Crippen LogP contribution < -0.4 is 0 Å². The zero-order valence-corrected chi connectivity index (χ0v) is 15.8. The van der Waals surface area contributed by atoms with Crippen LogP contribution in [0.15, 0.2) is 30.9 Å². The number of fused-ring (bicyclic) bond motifs is 1. The molecule has 0 unspecified atom stereocenters. The third-order valence-electron chi connectivity index (χ3n) is 4.62. The molecule has 1 fully saturated rings. The third kappa shape index (κ3) is 3.82. The SMILES string of the molecule is C=CCN1C(=O)c2ccc(C(=O)OCC(=O)N3C[C@@H](C)O[C@H](C)C3)cc2C1=O. The first-order valence-corrected chi connectivity index (χ1v) is 9.03. The van der Waals surface area contributed by atoms with Gasteiger partial charge >= 0.3 is 5.97 Å². The molecule has 2 aliphatic heterocycles. The summed E-state index contributed by atoms with van der Waals surface area (Å²) in [6.45, 7) is 7.85. The zero-order valence-electron chi connectivity index (χ0n) is 15.8. The van der Waals surface area contributed by atoms with Gasteiger partial charge in [0.2, 0.25) is 0 Å². The summed E-state index contributed by atoms with van der Waals surface area (Å²) in [7, 11) is 0. The van der Waals surface area contributed by atoms with Gasteiger partial charge in [0, 0.05) is 19.6 Å². The molecule has 8 nitrogen and oxygen atoms in total. The normalized spacial score (nSPS) is 21.5. The summed E-state index contributed by atoms with van der Waals surface area (Å²) in [4.78, 5) is 51.8. The Balaban J connectivity index is 1.65. The number of benzene rings is 1. The van der Waals surface area contributed by atoms with Gasteiger partial charge in [-0.25, -0.2) is 4.79 Å². The summed E-state index contributed by atoms with van der Waals surface area (Å²) in [6.07, 6.45) is 1.29. The number of nitrogens with zero attached hydrogens (tertiary/aromatic N) is 2. The van der Waals surface area contributed by atoms with Gasteiger partial charge in [0.05, 0.1) is 28.9 Å². The van der Waals surface area contributed by atoms with Gasteiger partial charge in [-0.1, -0.05) is 6.08 Å². The molecule has 0 bridgehead atoms. The molecule has 8 heteroatoms. The van der Waals surface area contributed by atoms with E-state index in [1.165, 1.54) is 24.3 Å². The molecule has 0 aromatic heterocycles. The van der Waals surface area contributed by atoms with Crippen LogP contribution in [0.1, 0.15) is 44.9 Å². The van der Waals surface area contributed by atoms with Crippen molar-refractivity contribution in [2.75, 3.05) is 26.2 Å². The van der Waals surface area contributed by atoms with Crippen LogP contribution in [0.5, 0.6) is 0 Å². The van der Waals surface area contributed by atoms with E-state index in [0.29, 0.717) is 13.1 Å². The molecule has 1 saturated heterocycles. The standard InChI is InChI=1S/C20H22N2O6/c1-4-7-22-18(24)15-6-5-14(8-16(15)19(22)25)20(26)27-11-17(23)21-9-12(2)28-13(3)10-21/h4-6,8,12-13H,1,7,9-11H2,2-3H3/t12-,13-/m1/s1. The van der Waals surface area contributed by atoms with Crippen molar-refractivity contribution in [1.29, 1.82) is 0 Å². The van der Waals surface area contributed by atoms with Gasteiger partial charge in [0.15, 0.2) is 6.61 Å². The van der Waals surface area contributed by atoms with Crippen LogP contribution in [-0.2, 0) is 14.3 Å². The van der Waals surface area contributed by atoms with Gasteiger partial charge in [-0.2, -0.15) is 0 Å². The maximum absolute atomic E-state index is 12.3. The van der Waals surface area contributed by atoms with Crippen LogP contribution in [0, 0.1) is 0 Å². The maximum atomic E-state index is 12.3. The summed E-state index contributed by atoms with van der Waals surface area (Å²) in [5.74, 6) is -1.94. The molecule has 0 radical (unpaired) electrons. The van der Waals surface area contributed by atoms with E-state index in [-0.39, 0.29) is 41.4 Å². The molecule has 3 rings (SSSR count). The van der Waals surface area contributed by atoms with E-state index in [4.69, 9.17) is 9.47 Å². The molecule has 2 heterocycles. The number of hydrogen-bond acceptors (Lipinski definition) is 6. The van der Waals surface area contributed by atoms with Crippen LogP contribution in [0.4, 0.5) is 0 Å². The third-order valence-corrected chi connectivity index (χ3v) is 4.62. The first kappa shape index (κ1) is 19.8. The van der Waals surface area contributed by atoms with Crippen molar-refractivity contribution >= 4 is 23.7 Å². The van der Waals surface area contributed by atoms with E-state index < -0.39 is 24.4 Å². The van der Waals surface area contributed by atoms with Crippen molar-refractivity contribution in [2.24, 2.45) is 0 Å². The molecule has 28 heavy (non-hydrogen) atoms. The molecular formula is C20H22N2O6. The highest BCUT2D eigenvalue weighted by Crippen LogP contribution is 2.24. The van der Waals surface area contributed by atoms with E-state index in [9.17, 15) is 19.2 Å². The van der Waals surface area contributed by atoms with Crippen molar-refractivity contribution in [2.45, 2.75) is 26.1 Å². The lowest BCUT2D eigenvalue weighted by atomic mass is 10.1. The Morgan fingerprint density at radius 1 is 1.18 bits per heavy atom. The monoisotopic (exact) mass is 386 g/mol. The van der Waals surface area contributed by atoms with Gasteiger partial charge in [0.1, 0.15) is 0 Å². The Labute approximate surface area is 162 Å². The first-order valence-electron chi connectivity index (χ1n) is 9.03. The van der Waals surface area contributed by atoms with E-state index in [2.05, 4.69) is 6.58 Å². The molecule has 0 spiro atoms. The van der Waals surface area contributed by atoms with Gasteiger partial charge in [-0.15, -0.1) is 6.58 Å². The number of rotatable bonds is 5. The minimum atomic E-state index is -0.729. The van der Waals surface area contributed by atoms with Gasteiger partial charge < -0.3 is 14.4 Å². The second kappa shape index (κ2) is 7.93. The number of hydrogen-bond donors (Lipinski definition) is 0. The highest BCUT2D eigenvalue weighted by molar-refractivity contribution is 6.22.